The van der Waals surface area contributed by atoms with E-state index in [9.17, 15) is 9.18 Å². The van der Waals surface area contributed by atoms with E-state index in [1.807, 2.05) is 41.3 Å². The standard InChI is InChI=1S/C27H34FN7O/c1-31(2)11-12-32-13-15-35(16-14-32)27(36)25-21-7-3-4-8-22(21)26(30-29-25)34-19-17-33(18-20-34)24-10-6-5-9-23(24)28/h3-10H,11-20H2,1-2H3. The average molecular weight is 492 g/mol. The lowest BCUT2D eigenvalue weighted by Gasteiger charge is -2.37. The lowest BCUT2D eigenvalue weighted by molar-refractivity contribution is 0.0625. The van der Waals surface area contributed by atoms with E-state index in [1.54, 1.807) is 6.07 Å². The Labute approximate surface area is 211 Å². The summed E-state index contributed by atoms with van der Waals surface area (Å²) in [5.41, 5.74) is 1.05. The van der Waals surface area contributed by atoms with Gasteiger partial charge < -0.3 is 19.6 Å². The van der Waals surface area contributed by atoms with Crippen molar-refractivity contribution in [1.29, 1.82) is 0 Å². The molecule has 3 aromatic rings. The Balaban J connectivity index is 1.30. The minimum Gasteiger partial charge on any atom is -0.366 e. The lowest BCUT2D eigenvalue weighted by Crippen LogP contribution is -2.50. The number of piperazine rings is 2. The van der Waals surface area contributed by atoms with E-state index < -0.39 is 0 Å². The summed E-state index contributed by atoms with van der Waals surface area (Å²) in [6.07, 6.45) is 0. The van der Waals surface area contributed by atoms with Gasteiger partial charge in [-0.2, -0.15) is 0 Å². The van der Waals surface area contributed by atoms with Crippen LogP contribution in [0.25, 0.3) is 10.8 Å². The summed E-state index contributed by atoms with van der Waals surface area (Å²) >= 11 is 0. The molecule has 0 atom stereocenters. The summed E-state index contributed by atoms with van der Waals surface area (Å²) in [4.78, 5) is 24.2. The fraction of sp³-hybridized carbons (Fsp3) is 0.444. The van der Waals surface area contributed by atoms with E-state index in [0.717, 1.165) is 42.8 Å². The fourth-order valence-corrected chi connectivity index (χ4v) is 5.01. The Morgan fingerprint density at radius 3 is 2.17 bits per heavy atom. The van der Waals surface area contributed by atoms with E-state index >= 15 is 0 Å². The Kier molecular flexibility index (Phi) is 7.29. The molecule has 2 aromatic carbocycles. The summed E-state index contributed by atoms with van der Waals surface area (Å²) in [5, 5.41) is 10.8. The van der Waals surface area contributed by atoms with Crippen molar-refractivity contribution in [3.63, 3.8) is 0 Å². The molecule has 0 radical (unpaired) electrons. The molecule has 0 spiro atoms. The molecule has 0 saturated carbocycles. The quantitative estimate of drug-likeness (QED) is 0.525. The van der Waals surface area contributed by atoms with Gasteiger partial charge in [-0.3, -0.25) is 9.69 Å². The minimum absolute atomic E-state index is 0.0538. The van der Waals surface area contributed by atoms with E-state index in [-0.39, 0.29) is 11.7 Å². The number of fused-ring (bicyclic) bond motifs is 1. The molecule has 2 saturated heterocycles. The second-order valence-electron chi connectivity index (χ2n) is 9.78. The van der Waals surface area contributed by atoms with Gasteiger partial charge in [-0.15, -0.1) is 10.2 Å². The van der Waals surface area contributed by atoms with E-state index in [1.165, 1.54) is 6.07 Å². The number of hydrogen-bond donors (Lipinski definition) is 0. The molecule has 5 rings (SSSR count). The molecule has 0 aliphatic carbocycles. The predicted molar refractivity (Wildman–Crippen MR) is 141 cm³/mol. The largest absolute Gasteiger partial charge is 0.366 e. The Morgan fingerprint density at radius 2 is 1.47 bits per heavy atom. The van der Waals surface area contributed by atoms with E-state index in [4.69, 9.17) is 0 Å². The van der Waals surface area contributed by atoms with Gasteiger partial charge in [0.1, 0.15) is 5.82 Å². The number of carbonyl (C=O) groups excluding carboxylic acids is 1. The van der Waals surface area contributed by atoms with Crippen LogP contribution in [0.1, 0.15) is 10.5 Å². The van der Waals surface area contributed by atoms with Gasteiger partial charge in [-0.25, -0.2) is 4.39 Å². The van der Waals surface area contributed by atoms with Crippen molar-refractivity contribution in [2.45, 2.75) is 0 Å². The number of rotatable bonds is 6. The van der Waals surface area contributed by atoms with E-state index in [2.05, 4.69) is 43.9 Å². The zero-order valence-corrected chi connectivity index (χ0v) is 21.1. The number of amides is 1. The highest BCUT2D eigenvalue weighted by atomic mass is 19.1. The van der Waals surface area contributed by atoms with Gasteiger partial charge in [-0.1, -0.05) is 36.4 Å². The van der Waals surface area contributed by atoms with Gasteiger partial charge in [0.25, 0.3) is 5.91 Å². The van der Waals surface area contributed by atoms with Gasteiger partial charge >= 0.3 is 0 Å². The number of hydrogen-bond acceptors (Lipinski definition) is 7. The molecule has 8 nitrogen and oxygen atoms in total. The third-order valence-corrected chi connectivity index (χ3v) is 7.17. The van der Waals surface area contributed by atoms with Crippen LogP contribution >= 0.6 is 0 Å². The zero-order valence-electron chi connectivity index (χ0n) is 21.1. The maximum atomic E-state index is 14.2. The van der Waals surface area contributed by atoms with Crippen LogP contribution in [0.15, 0.2) is 48.5 Å². The minimum atomic E-state index is -0.197. The van der Waals surface area contributed by atoms with Crippen LogP contribution in [0.5, 0.6) is 0 Å². The molecular formula is C27H34FN7O. The summed E-state index contributed by atoms with van der Waals surface area (Å²) in [7, 11) is 4.16. The molecule has 190 valence electrons. The molecule has 9 heteroatoms. The highest BCUT2D eigenvalue weighted by Crippen LogP contribution is 2.29. The number of carbonyl (C=O) groups is 1. The van der Waals surface area contributed by atoms with E-state index in [0.29, 0.717) is 50.6 Å². The number of para-hydroxylation sites is 1. The third kappa shape index (κ3) is 5.12. The summed E-state index contributed by atoms with van der Waals surface area (Å²) in [5.74, 6) is 0.531. The Morgan fingerprint density at radius 1 is 0.833 bits per heavy atom. The first kappa shape index (κ1) is 24.4. The molecule has 0 unspecified atom stereocenters. The first-order valence-electron chi connectivity index (χ1n) is 12.7. The molecular weight excluding hydrogens is 457 g/mol. The van der Waals surface area contributed by atoms with Gasteiger partial charge in [0.15, 0.2) is 11.5 Å². The normalized spacial score (nSPS) is 17.3. The highest BCUT2D eigenvalue weighted by Gasteiger charge is 2.27. The van der Waals surface area contributed by atoms with Crippen molar-refractivity contribution in [1.82, 2.24) is 24.9 Å². The molecule has 2 fully saturated rings. The first-order valence-corrected chi connectivity index (χ1v) is 12.7. The van der Waals surface area contributed by atoms with Crippen LogP contribution in [0.3, 0.4) is 0 Å². The highest BCUT2D eigenvalue weighted by molar-refractivity contribution is 6.07. The van der Waals surface area contributed by atoms with Crippen molar-refractivity contribution in [3.05, 3.63) is 60.0 Å². The van der Waals surface area contributed by atoms with Crippen LogP contribution in [-0.4, -0.2) is 110 Å². The number of anilines is 2. The first-order chi connectivity index (χ1) is 17.5. The second-order valence-corrected chi connectivity index (χ2v) is 9.78. The second kappa shape index (κ2) is 10.8. The van der Waals surface area contributed by atoms with Gasteiger partial charge in [0, 0.05) is 76.2 Å². The smallest absolute Gasteiger partial charge is 0.275 e. The van der Waals surface area contributed by atoms with Crippen LogP contribution < -0.4 is 9.80 Å². The number of nitrogens with zero attached hydrogens (tertiary/aromatic N) is 7. The summed E-state index contributed by atoms with van der Waals surface area (Å²) in [6, 6.07) is 14.8. The van der Waals surface area contributed by atoms with Crippen molar-refractivity contribution in [3.8, 4) is 0 Å². The summed E-state index contributed by atoms with van der Waals surface area (Å²) < 4.78 is 14.2. The maximum Gasteiger partial charge on any atom is 0.275 e. The molecule has 3 heterocycles. The molecule has 0 bridgehead atoms. The Hall–Kier alpha value is -3.30. The molecule has 0 N–H and O–H groups in total. The van der Waals surface area contributed by atoms with Gasteiger partial charge in [-0.05, 0) is 26.2 Å². The molecule has 1 aromatic heterocycles. The van der Waals surface area contributed by atoms with Crippen molar-refractivity contribution >= 4 is 28.2 Å². The topological polar surface area (TPSA) is 59.1 Å². The Bertz CT molecular complexity index is 1200. The summed E-state index contributed by atoms with van der Waals surface area (Å²) in [6.45, 7) is 7.95. The maximum absolute atomic E-state index is 14.2. The van der Waals surface area contributed by atoms with Gasteiger partial charge in [0.2, 0.25) is 0 Å². The number of halogens is 1. The molecule has 2 aliphatic heterocycles. The number of aromatic nitrogens is 2. The van der Waals surface area contributed by atoms with Gasteiger partial charge in [0.05, 0.1) is 5.69 Å². The monoisotopic (exact) mass is 491 g/mol. The fourth-order valence-electron chi connectivity index (χ4n) is 5.01. The van der Waals surface area contributed by atoms with Crippen LogP contribution in [-0.2, 0) is 0 Å². The lowest BCUT2D eigenvalue weighted by atomic mass is 10.1. The average Bonchev–Trinajstić information content (AvgIpc) is 2.92. The van der Waals surface area contributed by atoms with Crippen LogP contribution in [0, 0.1) is 5.82 Å². The number of likely N-dealkylation sites (N-methyl/N-ethyl adjacent to an activating group) is 1. The molecule has 2 aliphatic rings. The molecule has 1 amide bonds. The van der Waals surface area contributed by atoms with Crippen LogP contribution in [0.2, 0.25) is 0 Å². The zero-order chi connectivity index (χ0) is 25.1. The number of benzene rings is 2. The third-order valence-electron chi connectivity index (χ3n) is 7.17. The van der Waals surface area contributed by atoms with Crippen molar-refractivity contribution in [2.75, 3.05) is 89.3 Å². The predicted octanol–water partition coefficient (Wildman–Crippen LogP) is 2.41. The SMILES string of the molecule is CN(C)CCN1CCN(C(=O)c2nnc(N3CCN(c4ccccc4F)CC3)c3ccccc23)CC1. The van der Waals surface area contributed by atoms with Crippen molar-refractivity contribution in [2.24, 2.45) is 0 Å². The van der Waals surface area contributed by atoms with Crippen molar-refractivity contribution < 1.29 is 9.18 Å². The van der Waals surface area contributed by atoms with Crippen LogP contribution in [0.4, 0.5) is 15.9 Å². The molecule has 36 heavy (non-hydrogen) atoms.